The zero-order valence-electron chi connectivity index (χ0n) is 20.6. The fraction of sp³-hybridized carbons (Fsp3) is 0.310. The molecule has 36 heavy (non-hydrogen) atoms. The molecule has 0 fully saturated rings. The number of nitrogens with zero attached hydrogens (tertiary/aromatic N) is 2. The first-order valence-electron chi connectivity index (χ1n) is 12.4. The molecule has 188 valence electrons. The molecule has 4 rings (SSSR count). The van der Waals surface area contributed by atoms with Crippen molar-refractivity contribution < 1.29 is 14.3 Å². The Morgan fingerprint density at radius 2 is 1.67 bits per heavy atom. The number of para-hydroxylation sites is 4. The molecular formula is C29H32ClN3O3. The van der Waals surface area contributed by atoms with Crippen molar-refractivity contribution in [2.24, 2.45) is 0 Å². The summed E-state index contributed by atoms with van der Waals surface area (Å²) in [5.74, 6) is 2.29. The molecule has 0 atom stereocenters. The third-order valence-corrected chi connectivity index (χ3v) is 6.38. The van der Waals surface area contributed by atoms with Gasteiger partial charge >= 0.3 is 0 Å². The molecule has 6 nitrogen and oxygen atoms in total. The second-order valence-corrected chi connectivity index (χ2v) is 8.97. The molecule has 1 N–H and O–H groups in total. The summed E-state index contributed by atoms with van der Waals surface area (Å²) in [5, 5.41) is 3.62. The van der Waals surface area contributed by atoms with E-state index in [0.717, 1.165) is 55.5 Å². The number of hydrogen-bond acceptors (Lipinski definition) is 4. The summed E-state index contributed by atoms with van der Waals surface area (Å²) in [6, 6.07) is 23.1. The van der Waals surface area contributed by atoms with E-state index in [1.807, 2.05) is 42.5 Å². The number of amides is 1. The third kappa shape index (κ3) is 6.58. The second-order valence-electron chi connectivity index (χ2n) is 8.57. The number of nitrogens with one attached hydrogen (secondary N) is 1. The predicted molar refractivity (Wildman–Crippen MR) is 144 cm³/mol. The zero-order valence-corrected chi connectivity index (χ0v) is 21.3. The second kappa shape index (κ2) is 13.0. The van der Waals surface area contributed by atoms with Crippen LogP contribution in [0, 0.1) is 0 Å². The number of halogens is 1. The number of methoxy groups -OCH3 is 1. The van der Waals surface area contributed by atoms with Crippen molar-refractivity contribution in [1.82, 2.24) is 14.9 Å². The molecule has 0 unspecified atom stereocenters. The average molecular weight is 506 g/mol. The van der Waals surface area contributed by atoms with E-state index in [4.69, 9.17) is 26.1 Å². The van der Waals surface area contributed by atoms with Crippen molar-refractivity contribution in [1.29, 1.82) is 0 Å². The molecule has 0 bridgehead atoms. The van der Waals surface area contributed by atoms with Gasteiger partial charge in [-0.15, -0.1) is 0 Å². The average Bonchev–Trinajstić information content (AvgIpc) is 3.26. The first-order valence-corrected chi connectivity index (χ1v) is 12.8. The first-order chi connectivity index (χ1) is 17.7. The van der Waals surface area contributed by atoms with E-state index < -0.39 is 0 Å². The topological polar surface area (TPSA) is 65.4 Å². The predicted octanol–water partition coefficient (Wildman–Crippen LogP) is 6.31. The maximum atomic E-state index is 12.4. The lowest BCUT2D eigenvalue weighted by Crippen LogP contribution is -2.24. The molecule has 0 radical (unpaired) electrons. The molecule has 1 heterocycles. The summed E-state index contributed by atoms with van der Waals surface area (Å²) in [5.41, 5.74) is 2.73. The lowest BCUT2D eigenvalue weighted by atomic mass is 10.1. The number of hydrogen-bond donors (Lipinski definition) is 1. The van der Waals surface area contributed by atoms with Crippen LogP contribution >= 0.6 is 11.6 Å². The van der Waals surface area contributed by atoms with E-state index in [2.05, 4.69) is 28.1 Å². The SMILES string of the molecule is COc1ccccc1C(=O)NCCCCCc1nc2ccccc2n1CCCOc1ccccc1Cl. The van der Waals surface area contributed by atoms with Crippen LogP contribution in [0.2, 0.25) is 5.02 Å². The monoisotopic (exact) mass is 505 g/mol. The summed E-state index contributed by atoms with van der Waals surface area (Å²) in [4.78, 5) is 17.3. The number of aromatic nitrogens is 2. The molecule has 0 saturated carbocycles. The summed E-state index contributed by atoms with van der Waals surface area (Å²) in [6.07, 6.45) is 4.66. The lowest BCUT2D eigenvalue weighted by molar-refractivity contribution is 0.0950. The maximum Gasteiger partial charge on any atom is 0.255 e. The number of carbonyl (C=O) groups is 1. The highest BCUT2D eigenvalue weighted by Gasteiger charge is 2.12. The minimum absolute atomic E-state index is 0.103. The molecule has 7 heteroatoms. The molecule has 0 saturated heterocycles. The molecule has 0 aliphatic carbocycles. The van der Waals surface area contributed by atoms with Crippen LogP contribution in [0.1, 0.15) is 41.9 Å². The van der Waals surface area contributed by atoms with Crippen molar-refractivity contribution in [3.8, 4) is 11.5 Å². The summed E-state index contributed by atoms with van der Waals surface area (Å²) in [7, 11) is 1.57. The van der Waals surface area contributed by atoms with Crippen molar-refractivity contribution in [3.63, 3.8) is 0 Å². The van der Waals surface area contributed by atoms with Gasteiger partial charge in [0.1, 0.15) is 17.3 Å². The highest BCUT2D eigenvalue weighted by Crippen LogP contribution is 2.24. The highest BCUT2D eigenvalue weighted by atomic mass is 35.5. The molecule has 1 amide bonds. The van der Waals surface area contributed by atoms with Crippen LogP contribution < -0.4 is 14.8 Å². The molecular weight excluding hydrogens is 474 g/mol. The first kappa shape index (κ1) is 25.6. The van der Waals surface area contributed by atoms with Gasteiger partial charge in [0.25, 0.3) is 5.91 Å². The van der Waals surface area contributed by atoms with E-state index in [0.29, 0.717) is 35.2 Å². The van der Waals surface area contributed by atoms with Crippen molar-refractivity contribution in [2.75, 3.05) is 20.3 Å². The Bertz CT molecular complexity index is 1290. The number of aryl methyl sites for hydroxylation is 2. The zero-order chi connectivity index (χ0) is 25.2. The minimum Gasteiger partial charge on any atom is -0.496 e. The number of imidazole rings is 1. The van der Waals surface area contributed by atoms with Crippen LogP contribution in [0.5, 0.6) is 11.5 Å². The Balaban J connectivity index is 1.25. The van der Waals surface area contributed by atoms with Crippen LogP contribution in [-0.4, -0.2) is 35.7 Å². The van der Waals surface area contributed by atoms with Crippen molar-refractivity contribution >= 4 is 28.5 Å². The van der Waals surface area contributed by atoms with Crippen molar-refractivity contribution in [2.45, 2.75) is 38.6 Å². The van der Waals surface area contributed by atoms with Crippen molar-refractivity contribution in [3.05, 3.63) is 89.2 Å². The van der Waals surface area contributed by atoms with Gasteiger partial charge in [0.2, 0.25) is 0 Å². The Hall–Kier alpha value is -3.51. The van der Waals surface area contributed by atoms with E-state index in [9.17, 15) is 4.79 Å². The number of fused-ring (bicyclic) bond motifs is 1. The summed E-state index contributed by atoms with van der Waals surface area (Å²) in [6.45, 7) is 2.05. The Morgan fingerprint density at radius 1 is 0.917 bits per heavy atom. The highest BCUT2D eigenvalue weighted by molar-refractivity contribution is 6.32. The van der Waals surface area contributed by atoms with Crippen LogP contribution in [0.25, 0.3) is 11.0 Å². The van der Waals surface area contributed by atoms with Crippen LogP contribution in [0.4, 0.5) is 0 Å². The Kier molecular flexibility index (Phi) is 9.22. The maximum absolute atomic E-state index is 12.4. The minimum atomic E-state index is -0.103. The molecule has 3 aromatic carbocycles. The Labute approximate surface area is 217 Å². The summed E-state index contributed by atoms with van der Waals surface area (Å²) < 4.78 is 13.4. The fourth-order valence-electron chi connectivity index (χ4n) is 4.25. The number of benzene rings is 3. The molecule has 0 aliphatic rings. The smallest absolute Gasteiger partial charge is 0.255 e. The van der Waals surface area contributed by atoms with Gasteiger partial charge in [-0.25, -0.2) is 4.98 Å². The standard InChI is InChI=1S/C29H32ClN3O3/c1-35-26-16-8-4-12-22(26)29(34)31-19-10-2-3-18-28-32-24-14-6-7-15-25(24)33(28)20-11-21-36-27-17-9-5-13-23(27)30/h4-9,12-17H,2-3,10-11,18-21H2,1H3,(H,31,34). The molecule has 1 aromatic heterocycles. The number of carbonyl (C=O) groups excluding carboxylic acids is 1. The van der Waals surface area contributed by atoms with Gasteiger partial charge in [-0.05, 0) is 55.7 Å². The van der Waals surface area contributed by atoms with Crippen LogP contribution in [-0.2, 0) is 13.0 Å². The van der Waals surface area contributed by atoms with Crippen LogP contribution in [0.15, 0.2) is 72.8 Å². The van der Waals surface area contributed by atoms with E-state index in [1.54, 1.807) is 19.2 Å². The quantitative estimate of drug-likeness (QED) is 0.216. The van der Waals surface area contributed by atoms with Gasteiger partial charge in [-0.3, -0.25) is 4.79 Å². The van der Waals surface area contributed by atoms with Gasteiger partial charge in [0.05, 0.1) is 35.3 Å². The van der Waals surface area contributed by atoms with Gasteiger partial charge in [-0.1, -0.05) is 54.4 Å². The lowest BCUT2D eigenvalue weighted by Gasteiger charge is -2.11. The normalized spacial score (nSPS) is 10.9. The van der Waals surface area contributed by atoms with Gasteiger partial charge in [-0.2, -0.15) is 0 Å². The number of ether oxygens (including phenoxy) is 2. The molecule has 4 aromatic rings. The molecule has 0 spiro atoms. The van der Waals surface area contributed by atoms with Gasteiger partial charge in [0, 0.05) is 19.5 Å². The fourth-order valence-corrected chi connectivity index (χ4v) is 4.44. The van der Waals surface area contributed by atoms with Crippen LogP contribution in [0.3, 0.4) is 0 Å². The summed E-state index contributed by atoms with van der Waals surface area (Å²) >= 11 is 6.19. The van der Waals surface area contributed by atoms with E-state index >= 15 is 0 Å². The van der Waals surface area contributed by atoms with E-state index in [1.165, 1.54) is 0 Å². The Morgan fingerprint density at radius 3 is 2.50 bits per heavy atom. The third-order valence-electron chi connectivity index (χ3n) is 6.07. The van der Waals surface area contributed by atoms with Gasteiger partial charge in [0.15, 0.2) is 0 Å². The largest absolute Gasteiger partial charge is 0.496 e. The van der Waals surface area contributed by atoms with Gasteiger partial charge < -0.3 is 19.4 Å². The number of unbranched alkanes of at least 4 members (excludes halogenated alkanes) is 2. The molecule has 0 aliphatic heterocycles. The van der Waals surface area contributed by atoms with E-state index in [-0.39, 0.29) is 5.91 Å². The number of rotatable bonds is 13.